The van der Waals surface area contributed by atoms with Gasteiger partial charge in [0.2, 0.25) is 5.91 Å². The molecule has 0 aliphatic carbocycles. The number of nitrogens with zero attached hydrogens (tertiary/aromatic N) is 3. The van der Waals surface area contributed by atoms with Crippen molar-refractivity contribution in [1.29, 1.82) is 0 Å². The number of nitrogens with one attached hydrogen (secondary N) is 1. The highest BCUT2D eigenvalue weighted by Crippen LogP contribution is 2.29. The molecule has 7 nitrogen and oxygen atoms in total. The molecule has 4 rings (SSSR count). The van der Waals surface area contributed by atoms with Crippen LogP contribution in [0.15, 0.2) is 53.3 Å². The summed E-state index contributed by atoms with van der Waals surface area (Å²) in [6.45, 7) is 2.30. The number of hydrogen-bond donors (Lipinski definition) is 1. The molecule has 0 bridgehead atoms. The summed E-state index contributed by atoms with van der Waals surface area (Å²) in [4.78, 5) is 40.0. The van der Waals surface area contributed by atoms with Gasteiger partial charge in [0.25, 0.3) is 11.5 Å². The molecule has 1 saturated heterocycles. The summed E-state index contributed by atoms with van der Waals surface area (Å²) in [5.41, 5.74) is 1.93. The molecule has 1 aliphatic heterocycles. The van der Waals surface area contributed by atoms with Crippen LogP contribution in [0.5, 0.6) is 0 Å². The Morgan fingerprint density at radius 1 is 1.10 bits per heavy atom. The predicted molar refractivity (Wildman–Crippen MR) is 117 cm³/mol. The molecule has 1 aliphatic rings. The summed E-state index contributed by atoms with van der Waals surface area (Å²) in [5.74, 6) is -0.513. The van der Waals surface area contributed by atoms with Crippen molar-refractivity contribution in [1.82, 2.24) is 9.36 Å². The van der Waals surface area contributed by atoms with E-state index in [1.54, 1.807) is 41.8 Å². The van der Waals surface area contributed by atoms with E-state index in [0.717, 1.165) is 6.42 Å². The Balaban J connectivity index is 1.73. The van der Waals surface area contributed by atoms with Crippen molar-refractivity contribution < 1.29 is 9.59 Å². The Hall–Kier alpha value is -3.32. The number of hydrogen-bond acceptors (Lipinski definition) is 3. The van der Waals surface area contributed by atoms with Crippen LogP contribution in [-0.4, -0.2) is 27.7 Å². The quantitative estimate of drug-likeness (QED) is 0.696. The fourth-order valence-electron chi connectivity index (χ4n) is 3.72. The molecule has 0 saturated carbocycles. The molecule has 154 valence electrons. The molecule has 2 heterocycles. The van der Waals surface area contributed by atoms with Crippen LogP contribution in [0.3, 0.4) is 0 Å². The van der Waals surface area contributed by atoms with E-state index in [0.29, 0.717) is 40.6 Å². The van der Waals surface area contributed by atoms with E-state index in [-0.39, 0.29) is 17.2 Å². The molecule has 0 spiro atoms. The Bertz CT molecular complexity index is 1200. The Morgan fingerprint density at radius 2 is 1.83 bits per heavy atom. The second kappa shape index (κ2) is 7.84. The summed E-state index contributed by atoms with van der Waals surface area (Å²) in [7, 11) is 1.76. The lowest BCUT2D eigenvalue weighted by Crippen LogP contribution is -2.28. The molecule has 8 heteroatoms. The number of amides is 2. The zero-order valence-corrected chi connectivity index (χ0v) is 17.4. The third kappa shape index (κ3) is 3.41. The van der Waals surface area contributed by atoms with E-state index < -0.39 is 5.91 Å². The molecule has 3 aromatic rings. The van der Waals surface area contributed by atoms with Gasteiger partial charge in [-0.15, -0.1) is 0 Å². The van der Waals surface area contributed by atoms with Crippen LogP contribution in [0, 0.1) is 6.92 Å². The van der Waals surface area contributed by atoms with Gasteiger partial charge in [0, 0.05) is 25.0 Å². The molecular formula is C22H21ClN4O3. The topological polar surface area (TPSA) is 76.3 Å². The minimum absolute atomic E-state index is 0.0476. The monoisotopic (exact) mass is 424 g/mol. The van der Waals surface area contributed by atoms with Crippen LogP contribution in [0.4, 0.5) is 11.4 Å². The Kier molecular flexibility index (Phi) is 5.22. The van der Waals surface area contributed by atoms with Crippen molar-refractivity contribution in [3.63, 3.8) is 0 Å². The van der Waals surface area contributed by atoms with Gasteiger partial charge < -0.3 is 10.2 Å². The van der Waals surface area contributed by atoms with E-state index in [4.69, 9.17) is 11.6 Å². The molecule has 1 N–H and O–H groups in total. The number of anilines is 2. The van der Waals surface area contributed by atoms with Gasteiger partial charge in [-0.2, -0.15) is 0 Å². The molecule has 2 amide bonds. The van der Waals surface area contributed by atoms with Crippen molar-refractivity contribution in [2.75, 3.05) is 16.8 Å². The van der Waals surface area contributed by atoms with Crippen molar-refractivity contribution >= 4 is 34.8 Å². The van der Waals surface area contributed by atoms with Gasteiger partial charge in [-0.05, 0) is 43.7 Å². The second-order valence-electron chi connectivity index (χ2n) is 7.20. The number of carbonyl (C=O) groups excluding carboxylic acids is 2. The maximum absolute atomic E-state index is 13.1. The summed E-state index contributed by atoms with van der Waals surface area (Å²) in [6, 6.07) is 14.0. The van der Waals surface area contributed by atoms with Crippen LogP contribution in [-0.2, 0) is 11.8 Å². The van der Waals surface area contributed by atoms with Gasteiger partial charge >= 0.3 is 0 Å². The standard InChI is InChI=1S/C22H21ClN4O3/c1-14-20(22(30)27(25(14)2)16-7-4-3-5-8-16)24-21(29)17-11-10-15(23)13-18(17)26-12-6-9-19(26)28/h3-5,7-8,10-11,13H,6,9,12H2,1-2H3,(H,24,29). The number of aromatic nitrogens is 2. The first-order valence-corrected chi connectivity index (χ1v) is 10.0. The smallest absolute Gasteiger partial charge is 0.295 e. The Labute approximate surface area is 178 Å². The summed E-state index contributed by atoms with van der Waals surface area (Å²) in [6.07, 6.45) is 1.17. The van der Waals surface area contributed by atoms with Crippen molar-refractivity contribution in [2.45, 2.75) is 19.8 Å². The fraction of sp³-hybridized carbons (Fsp3) is 0.227. The number of halogens is 1. The normalized spacial score (nSPS) is 13.7. The van der Waals surface area contributed by atoms with Crippen LogP contribution in [0.25, 0.3) is 5.69 Å². The summed E-state index contributed by atoms with van der Waals surface area (Å²) >= 11 is 6.12. The van der Waals surface area contributed by atoms with E-state index in [2.05, 4.69) is 5.32 Å². The van der Waals surface area contributed by atoms with Crippen molar-refractivity contribution in [3.05, 3.63) is 75.2 Å². The Morgan fingerprint density at radius 3 is 2.50 bits per heavy atom. The number of carbonyl (C=O) groups is 2. The molecule has 1 fully saturated rings. The first-order chi connectivity index (χ1) is 14.4. The number of para-hydroxylation sites is 1. The fourth-order valence-corrected chi connectivity index (χ4v) is 3.88. The van der Waals surface area contributed by atoms with Gasteiger partial charge in [0.05, 0.1) is 22.6 Å². The number of benzene rings is 2. The molecule has 2 aromatic carbocycles. The molecule has 0 radical (unpaired) electrons. The summed E-state index contributed by atoms with van der Waals surface area (Å²) < 4.78 is 3.19. The highest BCUT2D eigenvalue weighted by molar-refractivity contribution is 6.31. The minimum atomic E-state index is -0.465. The third-order valence-electron chi connectivity index (χ3n) is 5.36. The van der Waals surface area contributed by atoms with Crippen LogP contribution in [0.2, 0.25) is 5.02 Å². The lowest BCUT2D eigenvalue weighted by molar-refractivity contribution is -0.117. The van der Waals surface area contributed by atoms with E-state index >= 15 is 0 Å². The maximum atomic E-state index is 13.1. The lowest BCUT2D eigenvalue weighted by atomic mass is 10.1. The van der Waals surface area contributed by atoms with Crippen molar-refractivity contribution in [2.24, 2.45) is 7.05 Å². The molecule has 1 aromatic heterocycles. The number of rotatable bonds is 4. The maximum Gasteiger partial charge on any atom is 0.295 e. The van der Waals surface area contributed by atoms with E-state index in [1.807, 2.05) is 30.3 Å². The minimum Gasteiger partial charge on any atom is -0.316 e. The zero-order valence-electron chi connectivity index (χ0n) is 16.7. The van der Waals surface area contributed by atoms with Crippen LogP contribution < -0.4 is 15.8 Å². The molecule has 30 heavy (non-hydrogen) atoms. The van der Waals surface area contributed by atoms with Gasteiger partial charge in [-0.3, -0.25) is 19.1 Å². The average Bonchev–Trinajstić information content (AvgIpc) is 3.25. The predicted octanol–water partition coefficient (Wildman–Crippen LogP) is 3.52. The zero-order chi connectivity index (χ0) is 21.4. The van der Waals surface area contributed by atoms with E-state index in [9.17, 15) is 14.4 Å². The summed E-state index contributed by atoms with van der Waals surface area (Å²) in [5, 5.41) is 3.18. The highest BCUT2D eigenvalue weighted by atomic mass is 35.5. The van der Waals surface area contributed by atoms with Crippen molar-refractivity contribution in [3.8, 4) is 5.69 Å². The third-order valence-corrected chi connectivity index (χ3v) is 5.60. The first kappa shape index (κ1) is 20.0. The first-order valence-electron chi connectivity index (χ1n) is 9.64. The second-order valence-corrected chi connectivity index (χ2v) is 7.64. The molecular weight excluding hydrogens is 404 g/mol. The SMILES string of the molecule is Cc1c(NC(=O)c2ccc(Cl)cc2N2CCCC2=O)c(=O)n(-c2ccccc2)n1C. The van der Waals surface area contributed by atoms with Crippen LogP contribution in [0.1, 0.15) is 28.9 Å². The largest absolute Gasteiger partial charge is 0.316 e. The van der Waals surface area contributed by atoms with Gasteiger partial charge in [-0.25, -0.2) is 4.68 Å². The van der Waals surface area contributed by atoms with Gasteiger partial charge in [0.15, 0.2) is 0 Å². The van der Waals surface area contributed by atoms with E-state index in [1.165, 1.54) is 4.68 Å². The highest BCUT2D eigenvalue weighted by Gasteiger charge is 2.27. The van der Waals surface area contributed by atoms with Gasteiger partial charge in [-0.1, -0.05) is 29.8 Å². The van der Waals surface area contributed by atoms with Crippen LogP contribution >= 0.6 is 11.6 Å². The lowest BCUT2D eigenvalue weighted by Gasteiger charge is -2.19. The molecule has 0 unspecified atom stereocenters. The molecule has 0 atom stereocenters. The average molecular weight is 425 g/mol. The van der Waals surface area contributed by atoms with Gasteiger partial charge in [0.1, 0.15) is 5.69 Å².